The molecule has 0 rings (SSSR count). The van der Waals surface area contributed by atoms with Gasteiger partial charge in [0, 0.05) is 0 Å². The second kappa shape index (κ2) is 9.23. The van der Waals surface area contributed by atoms with Crippen LogP contribution < -0.4 is 0 Å². The summed E-state index contributed by atoms with van der Waals surface area (Å²) >= 11 is 0. The Morgan fingerprint density at radius 2 is 1.41 bits per heavy atom. The fraction of sp³-hybridized carbons (Fsp3) is 0.625. The Balaban J connectivity index is 3.96. The molecule has 0 spiro atoms. The Morgan fingerprint density at radius 3 is 1.94 bits per heavy atom. The number of allylic oxidation sites excluding steroid dienone is 5. The summed E-state index contributed by atoms with van der Waals surface area (Å²) in [6.07, 6.45) is 8.70. The van der Waals surface area contributed by atoms with Gasteiger partial charge in [-0.15, -0.1) is 0 Å². The van der Waals surface area contributed by atoms with Crippen molar-refractivity contribution in [2.75, 3.05) is 6.61 Å². The molecule has 1 nitrogen and oxygen atoms in total. The highest BCUT2D eigenvalue weighted by atomic mass is 16.2. The predicted octanol–water partition coefficient (Wildman–Crippen LogP) is 4.79. The molecule has 0 amide bonds. The first-order chi connectivity index (χ1) is 7.97. The van der Waals surface area contributed by atoms with Gasteiger partial charge in [-0.2, -0.15) is 0 Å². The Labute approximate surface area is 107 Å². The quantitative estimate of drug-likeness (QED) is 0.630. The lowest BCUT2D eigenvalue weighted by atomic mass is 10.0. The van der Waals surface area contributed by atoms with E-state index in [9.17, 15) is 0 Å². The molecule has 0 aliphatic heterocycles. The van der Waals surface area contributed by atoms with Crippen LogP contribution >= 0.6 is 0 Å². The lowest BCUT2D eigenvalue weighted by Gasteiger charge is -2.05. The summed E-state index contributed by atoms with van der Waals surface area (Å²) in [5, 5.41) is 8.75. The summed E-state index contributed by atoms with van der Waals surface area (Å²) in [4.78, 5) is 0. The molecular formula is C16H28O. The van der Waals surface area contributed by atoms with Crippen molar-refractivity contribution in [3.05, 3.63) is 34.4 Å². The Kier molecular flexibility index (Phi) is 8.79. The summed E-state index contributed by atoms with van der Waals surface area (Å²) < 4.78 is 0. The average molecular weight is 236 g/mol. The van der Waals surface area contributed by atoms with Crippen molar-refractivity contribution in [3.8, 4) is 0 Å². The molecule has 0 aliphatic rings. The van der Waals surface area contributed by atoms with Gasteiger partial charge in [0.05, 0.1) is 6.61 Å². The first-order valence-corrected chi connectivity index (χ1v) is 6.52. The van der Waals surface area contributed by atoms with Gasteiger partial charge in [0.1, 0.15) is 0 Å². The topological polar surface area (TPSA) is 20.2 Å². The number of hydrogen-bond donors (Lipinski definition) is 1. The van der Waals surface area contributed by atoms with Crippen molar-refractivity contribution in [1.82, 2.24) is 0 Å². The molecule has 0 atom stereocenters. The molecule has 98 valence electrons. The number of rotatable bonds is 7. The first-order valence-electron chi connectivity index (χ1n) is 6.52. The van der Waals surface area contributed by atoms with Crippen LogP contribution in [0.25, 0.3) is 0 Å². The molecule has 0 aromatic rings. The maximum atomic E-state index is 8.75. The van der Waals surface area contributed by atoms with Gasteiger partial charge in [-0.25, -0.2) is 0 Å². The monoisotopic (exact) mass is 236 g/mol. The van der Waals surface area contributed by atoms with Crippen molar-refractivity contribution in [1.29, 1.82) is 0 Å². The standard InChI is InChI=1S/C16H28O/c1-13(2)16(5)10-9-14(3)7-6-8-15(4)11-12-17/h7,11,17H,6,8-10,12H2,1-5H3/b14-7+,15-11+. The van der Waals surface area contributed by atoms with Crippen LogP contribution in [-0.4, -0.2) is 11.7 Å². The molecule has 0 aromatic carbocycles. The van der Waals surface area contributed by atoms with Gasteiger partial charge in [-0.05, 0) is 60.3 Å². The first kappa shape index (κ1) is 16.2. The summed E-state index contributed by atoms with van der Waals surface area (Å²) in [6, 6.07) is 0. The predicted molar refractivity (Wildman–Crippen MR) is 77.1 cm³/mol. The van der Waals surface area contributed by atoms with E-state index in [1.54, 1.807) is 0 Å². The lowest BCUT2D eigenvalue weighted by Crippen LogP contribution is -1.85. The van der Waals surface area contributed by atoms with E-state index in [1.807, 2.05) is 6.08 Å². The van der Waals surface area contributed by atoms with E-state index in [1.165, 1.54) is 35.1 Å². The maximum Gasteiger partial charge on any atom is 0.0614 e. The van der Waals surface area contributed by atoms with E-state index < -0.39 is 0 Å². The third-order valence-electron chi connectivity index (χ3n) is 3.22. The molecule has 1 heteroatoms. The van der Waals surface area contributed by atoms with Crippen molar-refractivity contribution < 1.29 is 5.11 Å². The van der Waals surface area contributed by atoms with Crippen LogP contribution in [0.2, 0.25) is 0 Å². The van der Waals surface area contributed by atoms with E-state index in [0.717, 1.165) is 12.8 Å². The zero-order valence-electron chi connectivity index (χ0n) is 12.1. The van der Waals surface area contributed by atoms with Gasteiger partial charge >= 0.3 is 0 Å². The zero-order chi connectivity index (χ0) is 13.3. The van der Waals surface area contributed by atoms with E-state index >= 15 is 0 Å². The van der Waals surface area contributed by atoms with Crippen molar-refractivity contribution >= 4 is 0 Å². The molecule has 0 aliphatic carbocycles. The van der Waals surface area contributed by atoms with Crippen LogP contribution in [0.4, 0.5) is 0 Å². The molecule has 0 saturated carbocycles. The van der Waals surface area contributed by atoms with Gasteiger partial charge in [0.25, 0.3) is 0 Å². The smallest absolute Gasteiger partial charge is 0.0614 e. The van der Waals surface area contributed by atoms with E-state index in [-0.39, 0.29) is 6.61 Å². The fourth-order valence-electron chi connectivity index (χ4n) is 1.54. The second-order valence-corrected chi connectivity index (χ2v) is 5.10. The Morgan fingerprint density at radius 1 is 0.824 bits per heavy atom. The Hall–Kier alpha value is -0.820. The zero-order valence-corrected chi connectivity index (χ0v) is 12.1. The summed E-state index contributed by atoms with van der Waals surface area (Å²) in [5.74, 6) is 0. The molecule has 0 saturated heterocycles. The summed E-state index contributed by atoms with van der Waals surface area (Å²) in [5.41, 5.74) is 5.70. The van der Waals surface area contributed by atoms with Crippen molar-refractivity contribution in [2.45, 2.75) is 60.3 Å². The summed E-state index contributed by atoms with van der Waals surface area (Å²) in [7, 11) is 0. The highest BCUT2D eigenvalue weighted by Gasteiger charge is 1.95. The molecule has 0 aromatic heterocycles. The number of hydrogen-bond acceptors (Lipinski definition) is 1. The molecule has 0 bridgehead atoms. The molecule has 0 unspecified atom stereocenters. The van der Waals surface area contributed by atoms with Gasteiger partial charge < -0.3 is 5.11 Å². The minimum Gasteiger partial charge on any atom is -0.392 e. The number of aliphatic hydroxyl groups excluding tert-OH is 1. The van der Waals surface area contributed by atoms with Crippen LogP contribution in [0.5, 0.6) is 0 Å². The average Bonchev–Trinajstić information content (AvgIpc) is 2.26. The van der Waals surface area contributed by atoms with Crippen LogP contribution in [-0.2, 0) is 0 Å². The van der Waals surface area contributed by atoms with Crippen molar-refractivity contribution in [2.24, 2.45) is 0 Å². The molecule has 17 heavy (non-hydrogen) atoms. The molecule has 0 fully saturated rings. The SMILES string of the molecule is CC(C)=C(C)CC/C(C)=C/CC/C(C)=C/CO. The summed E-state index contributed by atoms with van der Waals surface area (Å²) in [6.45, 7) is 11.0. The third-order valence-corrected chi connectivity index (χ3v) is 3.22. The van der Waals surface area contributed by atoms with E-state index in [2.05, 4.69) is 40.7 Å². The molecule has 0 radical (unpaired) electrons. The van der Waals surface area contributed by atoms with Crippen LogP contribution in [0.1, 0.15) is 60.3 Å². The second-order valence-electron chi connectivity index (χ2n) is 5.10. The normalized spacial score (nSPS) is 12.8. The highest BCUT2D eigenvalue weighted by Crippen LogP contribution is 2.15. The largest absolute Gasteiger partial charge is 0.392 e. The molecule has 1 N–H and O–H groups in total. The van der Waals surface area contributed by atoms with Crippen LogP contribution in [0.3, 0.4) is 0 Å². The minimum absolute atomic E-state index is 0.161. The molecule has 0 heterocycles. The maximum absolute atomic E-state index is 8.75. The third kappa shape index (κ3) is 8.93. The van der Waals surface area contributed by atoms with Gasteiger partial charge in [-0.3, -0.25) is 0 Å². The molecular weight excluding hydrogens is 208 g/mol. The fourth-order valence-corrected chi connectivity index (χ4v) is 1.54. The van der Waals surface area contributed by atoms with Crippen LogP contribution in [0.15, 0.2) is 34.4 Å². The van der Waals surface area contributed by atoms with E-state index in [0.29, 0.717) is 0 Å². The van der Waals surface area contributed by atoms with Crippen LogP contribution in [0, 0.1) is 0 Å². The van der Waals surface area contributed by atoms with Gasteiger partial charge in [-0.1, -0.05) is 34.4 Å². The Bertz CT molecular complexity index is 301. The van der Waals surface area contributed by atoms with Crippen molar-refractivity contribution in [3.63, 3.8) is 0 Å². The van der Waals surface area contributed by atoms with Gasteiger partial charge in [0.15, 0.2) is 0 Å². The highest BCUT2D eigenvalue weighted by molar-refractivity contribution is 5.10. The van der Waals surface area contributed by atoms with Gasteiger partial charge in [0.2, 0.25) is 0 Å². The minimum atomic E-state index is 0.161. The van der Waals surface area contributed by atoms with E-state index in [4.69, 9.17) is 5.11 Å². The lowest BCUT2D eigenvalue weighted by molar-refractivity contribution is 0.341. The number of aliphatic hydroxyl groups is 1.